The minimum atomic E-state index is -4.78. The molecule has 0 saturated heterocycles. The summed E-state index contributed by atoms with van der Waals surface area (Å²) in [6.45, 7) is 0. The van der Waals surface area contributed by atoms with Crippen LogP contribution in [0.4, 0.5) is 18.3 Å². The summed E-state index contributed by atoms with van der Waals surface area (Å²) < 4.78 is 44.1. The summed E-state index contributed by atoms with van der Waals surface area (Å²) in [4.78, 5) is 12.7. The average Bonchev–Trinajstić information content (AvgIpc) is 3.42. The van der Waals surface area contributed by atoms with Crippen LogP contribution in [0, 0.1) is 0 Å². The van der Waals surface area contributed by atoms with Gasteiger partial charge in [0.25, 0.3) is 5.91 Å². The Morgan fingerprint density at radius 1 is 1.14 bits per heavy atom. The van der Waals surface area contributed by atoms with Crippen LogP contribution in [-0.4, -0.2) is 36.8 Å². The van der Waals surface area contributed by atoms with Gasteiger partial charge < -0.3 is 9.30 Å². The van der Waals surface area contributed by atoms with Crippen LogP contribution in [0.3, 0.4) is 0 Å². The monoisotopic (exact) mass is 420 g/mol. The van der Waals surface area contributed by atoms with E-state index in [1.54, 1.807) is 29.1 Å². The molecule has 0 radical (unpaired) electrons. The standard InChI is InChI=1S/C17H11F3N6O2S/c18-17(19,20)28-12-5-3-11(4-6-12)26-15(25-7-1-2-8-25)13(9-22-26)14(27)23-16-24-21-10-29-16/h1-10H,(H,23,24,27). The van der Waals surface area contributed by atoms with Gasteiger partial charge in [-0.15, -0.1) is 23.4 Å². The van der Waals surface area contributed by atoms with Crippen LogP contribution in [0.1, 0.15) is 10.4 Å². The van der Waals surface area contributed by atoms with Crippen molar-refractivity contribution < 1.29 is 22.7 Å². The maximum absolute atomic E-state index is 12.7. The summed E-state index contributed by atoms with van der Waals surface area (Å²) in [7, 11) is 0. The highest BCUT2D eigenvalue weighted by Crippen LogP contribution is 2.26. The van der Waals surface area contributed by atoms with E-state index < -0.39 is 12.3 Å². The number of benzene rings is 1. The fraction of sp³-hybridized carbons (Fsp3) is 0.0588. The Morgan fingerprint density at radius 3 is 2.48 bits per heavy atom. The van der Waals surface area contributed by atoms with E-state index in [2.05, 4.69) is 25.3 Å². The van der Waals surface area contributed by atoms with E-state index >= 15 is 0 Å². The van der Waals surface area contributed by atoms with E-state index in [4.69, 9.17) is 0 Å². The first-order valence-corrected chi connectivity index (χ1v) is 8.94. The van der Waals surface area contributed by atoms with E-state index in [1.165, 1.54) is 40.7 Å². The lowest BCUT2D eigenvalue weighted by molar-refractivity contribution is -0.274. The Kier molecular flexibility index (Phi) is 4.76. The third-order valence-electron chi connectivity index (χ3n) is 3.73. The summed E-state index contributed by atoms with van der Waals surface area (Å²) in [5.74, 6) is -0.402. The molecule has 0 aliphatic heterocycles. The fourth-order valence-corrected chi connectivity index (χ4v) is 3.04. The average molecular weight is 420 g/mol. The van der Waals surface area contributed by atoms with Gasteiger partial charge in [0, 0.05) is 12.4 Å². The highest BCUT2D eigenvalue weighted by Gasteiger charge is 2.31. The van der Waals surface area contributed by atoms with Crippen LogP contribution in [0.2, 0.25) is 0 Å². The summed E-state index contributed by atoms with van der Waals surface area (Å²) in [5.41, 5.74) is 2.17. The molecule has 148 valence electrons. The molecule has 1 amide bonds. The lowest BCUT2D eigenvalue weighted by Crippen LogP contribution is -2.17. The molecule has 1 N–H and O–H groups in total. The Balaban J connectivity index is 1.71. The van der Waals surface area contributed by atoms with Crippen LogP contribution in [0.25, 0.3) is 11.5 Å². The molecule has 3 heterocycles. The van der Waals surface area contributed by atoms with Crippen molar-refractivity contribution in [1.82, 2.24) is 24.5 Å². The predicted molar refractivity (Wildman–Crippen MR) is 97.4 cm³/mol. The van der Waals surface area contributed by atoms with Gasteiger partial charge in [0.15, 0.2) is 5.82 Å². The topological polar surface area (TPSA) is 86.9 Å². The van der Waals surface area contributed by atoms with Crippen molar-refractivity contribution in [2.75, 3.05) is 5.32 Å². The van der Waals surface area contributed by atoms with E-state index in [9.17, 15) is 18.0 Å². The molecule has 0 atom stereocenters. The Bertz CT molecular complexity index is 1110. The molecule has 1 aromatic carbocycles. The number of rotatable bonds is 5. The number of hydrogen-bond acceptors (Lipinski definition) is 6. The number of nitrogens with one attached hydrogen (secondary N) is 1. The van der Waals surface area contributed by atoms with Crippen LogP contribution in [-0.2, 0) is 0 Å². The van der Waals surface area contributed by atoms with E-state index in [0.717, 1.165) is 11.3 Å². The highest BCUT2D eigenvalue weighted by atomic mass is 32.1. The summed E-state index contributed by atoms with van der Waals surface area (Å²) in [6, 6.07) is 8.70. The highest BCUT2D eigenvalue weighted by molar-refractivity contribution is 7.13. The molecule has 12 heteroatoms. The van der Waals surface area contributed by atoms with E-state index in [-0.39, 0.29) is 11.3 Å². The molecule has 0 fully saturated rings. The largest absolute Gasteiger partial charge is 0.573 e. The minimum Gasteiger partial charge on any atom is -0.406 e. The van der Waals surface area contributed by atoms with Crippen molar-refractivity contribution in [3.05, 3.63) is 66.1 Å². The Hall–Kier alpha value is -3.67. The number of alkyl halides is 3. The molecule has 3 aromatic heterocycles. The molecule has 0 bridgehead atoms. The van der Waals surface area contributed by atoms with Gasteiger partial charge in [-0.05, 0) is 36.4 Å². The van der Waals surface area contributed by atoms with E-state index in [1.807, 2.05) is 0 Å². The first-order chi connectivity index (χ1) is 13.9. The molecule has 4 rings (SSSR count). The SMILES string of the molecule is O=C(Nc1nncs1)c1cnn(-c2ccc(OC(F)(F)F)cc2)c1-n1cccc1. The second-order valence-electron chi connectivity index (χ2n) is 5.62. The van der Waals surface area contributed by atoms with Gasteiger partial charge in [-0.1, -0.05) is 11.3 Å². The third-order valence-corrected chi connectivity index (χ3v) is 4.34. The zero-order valence-corrected chi connectivity index (χ0v) is 15.2. The minimum absolute atomic E-state index is 0.243. The maximum Gasteiger partial charge on any atom is 0.573 e. The van der Waals surface area contributed by atoms with Gasteiger partial charge in [0.1, 0.15) is 16.8 Å². The predicted octanol–water partition coefficient (Wildman–Crippen LogP) is 3.67. The Labute approximate surface area is 165 Å². The van der Waals surface area contributed by atoms with Crippen molar-refractivity contribution in [2.24, 2.45) is 0 Å². The smallest absolute Gasteiger partial charge is 0.406 e. The van der Waals surface area contributed by atoms with Gasteiger partial charge in [0.05, 0.1) is 11.9 Å². The number of carbonyl (C=O) groups is 1. The number of amides is 1. The van der Waals surface area contributed by atoms with Gasteiger partial charge >= 0.3 is 6.36 Å². The number of hydrogen-bond donors (Lipinski definition) is 1. The number of nitrogens with zero attached hydrogens (tertiary/aromatic N) is 5. The third kappa shape index (κ3) is 4.11. The van der Waals surface area contributed by atoms with Crippen LogP contribution in [0.15, 0.2) is 60.5 Å². The number of ether oxygens (including phenoxy) is 1. The molecule has 0 aliphatic carbocycles. The first-order valence-electron chi connectivity index (χ1n) is 8.06. The zero-order chi connectivity index (χ0) is 20.4. The number of carbonyl (C=O) groups excluding carboxylic acids is 1. The summed E-state index contributed by atoms with van der Waals surface area (Å²) >= 11 is 1.16. The number of halogens is 3. The molecule has 0 unspecified atom stereocenters. The van der Waals surface area contributed by atoms with E-state index in [0.29, 0.717) is 16.6 Å². The van der Waals surface area contributed by atoms with Crippen molar-refractivity contribution >= 4 is 22.4 Å². The molecular weight excluding hydrogens is 409 g/mol. The number of anilines is 1. The first kappa shape index (κ1) is 18.7. The summed E-state index contributed by atoms with van der Waals surface area (Å²) in [6.07, 6.45) is 0.0258. The number of aromatic nitrogens is 5. The molecule has 4 aromatic rings. The van der Waals surface area contributed by atoms with Crippen molar-refractivity contribution in [1.29, 1.82) is 0 Å². The van der Waals surface area contributed by atoms with Gasteiger partial charge in [-0.2, -0.15) is 5.10 Å². The summed E-state index contributed by atoms with van der Waals surface area (Å²) in [5, 5.41) is 14.6. The molecule has 0 spiro atoms. The fourth-order valence-electron chi connectivity index (χ4n) is 2.60. The van der Waals surface area contributed by atoms with Gasteiger partial charge in [0.2, 0.25) is 5.13 Å². The molecule has 29 heavy (non-hydrogen) atoms. The van der Waals surface area contributed by atoms with Crippen molar-refractivity contribution in [2.45, 2.75) is 6.36 Å². The molecule has 0 saturated carbocycles. The quantitative estimate of drug-likeness (QED) is 0.533. The Morgan fingerprint density at radius 2 is 1.86 bits per heavy atom. The van der Waals surface area contributed by atoms with Gasteiger partial charge in [-0.3, -0.25) is 10.1 Å². The van der Waals surface area contributed by atoms with Crippen molar-refractivity contribution in [3.63, 3.8) is 0 Å². The molecular formula is C17H11F3N6O2S. The lowest BCUT2D eigenvalue weighted by Gasteiger charge is -2.12. The normalized spacial score (nSPS) is 11.4. The van der Waals surface area contributed by atoms with Crippen LogP contribution in [0.5, 0.6) is 5.75 Å². The second-order valence-corrected chi connectivity index (χ2v) is 6.46. The zero-order valence-electron chi connectivity index (χ0n) is 14.4. The lowest BCUT2D eigenvalue weighted by atomic mass is 10.2. The molecule has 8 nitrogen and oxygen atoms in total. The van der Waals surface area contributed by atoms with Gasteiger partial charge in [-0.25, -0.2) is 4.68 Å². The van der Waals surface area contributed by atoms with Crippen molar-refractivity contribution in [3.8, 4) is 17.3 Å². The maximum atomic E-state index is 12.7. The van der Waals surface area contributed by atoms with Crippen LogP contribution >= 0.6 is 11.3 Å². The van der Waals surface area contributed by atoms with Crippen LogP contribution < -0.4 is 10.1 Å². The second kappa shape index (κ2) is 7.39. The molecule has 0 aliphatic rings.